The second kappa shape index (κ2) is 31.8. The molecule has 4 N–H and O–H groups in total. The zero-order valence-corrected chi connectivity index (χ0v) is 31.1. The number of ether oxygens (including phenoxy) is 4. The van der Waals surface area contributed by atoms with Crippen LogP contribution in [0.25, 0.3) is 0 Å². The van der Waals surface area contributed by atoms with E-state index in [2.05, 4.69) is 38.2 Å². The number of unbranched alkanes of at least 4 members (excludes halogenated alkanes) is 9. The van der Waals surface area contributed by atoms with Gasteiger partial charge >= 0.3 is 11.9 Å². The molecule has 0 aliphatic carbocycles. The summed E-state index contributed by atoms with van der Waals surface area (Å²) in [6.07, 6.45) is 30.8. The van der Waals surface area contributed by atoms with E-state index < -0.39 is 55.4 Å². The zero-order valence-electron chi connectivity index (χ0n) is 31.1. The van der Waals surface area contributed by atoms with Crippen molar-refractivity contribution in [2.75, 3.05) is 19.8 Å². The third-order valence-electron chi connectivity index (χ3n) is 8.18. The molecule has 0 radical (unpaired) electrons. The molecule has 1 fully saturated rings. The van der Waals surface area contributed by atoms with Gasteiger partial charge in [-0.1, -0.05) is 125 Å². The third kappa shape index (κ3) is 24.1. The highest BCUT2D eigenvalue weighted by Crippen LogP contribution is 2.22. The van der Waals surface area contributed by atoms with Crippen molar-refractivity contribution >= 4 is 11.9 Å². The smallest absolute Gasteiger partial charge is 0.306 e. The lowest BCUT2D eigenvalue weighted by Gasteiger charge is -2.39. The summed E-state index contributed by atoms with van der Waals surface area (Å²) in [4.78, 5) is 25.1. The summed E-state index contributed by atoms with van der Waals surface area (Å²) in [6.45, 7) is 3.13. The van der Waals surface area contributed by atoms with Crippen LogP contribution in [0.15, 0.2) is 72.9 Å². The molecular formula is C41H66O10. The van der Waals surface area contributed by atoms with Gasteiger partial charge in [0.1, 0.15) is 31.0 Å². The molecule has 3 unspecified atom stereocenters. The van der Waals surface area contributed by atoms with E-state index in [1.807, 2.05) is 48.6 Å². The van der Waals surface area contributed by atoms with Crippen LogP contribution < -0.4 is 0 Å². The molecule has 0 bridgehead atoms. The Bertz CT molecular complexity index is 1060. The molecule has 0 spiro atoms. The van der Waals surface area contributed by atoms with Crippen LogP contribution in [0.4, 0.5) is 0 Å². The predicted octanol–water partition coefficient (Wildman–Crippen LogP) is 6.88. The Morgan fingerprint density at radius 2 is 1.27 bits per heavy atom. The first kappa shape index (κ1) is 46.2. The Kier molecular flexibility index (Phi) is 28.8. The number of aliphatic hydroxyl groups is 4. The van der Waals surface area contributed by atoms with E-state index in [9.17, 15) is 30.0 Å². The Morgan fingerprint density at radius 1 is 0.647 bits per heavy atom. The van der Waals surface area contributed by atoms with E-state index in [0.29, 0.717) is 12.8 Å². The molecule has 0 aromatic rings. The summed E-state index contributed by atoms with van der Waals surface area (Å²) < 4.78 is 21.9. The molecule has 1 rings (SSSR count). The van der Waals surface area contributed by atoms with Crippen molar-refractivity contribution in [3.63, 3.8) is 0 Å². The molecule has 10 nitrogen and oxygen atoms in total. The summed E-state index contributed by atoms with van der Waals surface area (Å²) in [5.41, 5.74) is 0. The summed E-state index contributed by atoms with van der Waals surface area (Å²) in [5, 5.41) is 39.9. The highest BCUT2D eigenvalue weighted by Gasteiger charge is 2.44. The topological polar surface area (TPSA) is 152 Å². The lowest BCUT2D eigenvalue weighted by Crippen LogP contribution is -2.59. The average Bonchev–Trinajstić information content (AvgIpc) is 3.13. The van der Waals surface area contributed by atoms with Crippen LogP contribution in [-0.4, -0.2) is 89.0 Å². The molecule has 1 aliphatic heterocycles. The zero-order chi connectivity index (χ0) is 37.4. The van der Waals surface area contributed by atoms with Crippen molar-refractivity contribution in [3.05, 3.63) is 72.9 Å². The van der Waals surface area contributed by atoms with Crippen molar-refractivity contribution in [1.82, 2.24) is 0 Å². The number of hydrogen-bond donors (Lipinski definition) is 4. The standard InChI is InChI=1S/C41H66O10/c1-3-5-7-9-11-13-15-17-19-21-23-25-27-29-36(43)48-32-34(33-49-41-40(47)39(46)38(45)35(31-42)51-41)50-37(44)30-28-26-24-22-20-18-16-14-12-10-8-6-4-2/h5,7,9,11,13,15,17-20,24,26,34-35,38-42,45-47H,3-4,6,8,10,12,14,16,21-23,25,27-33H2,1-2H3/b7-5+,11-9+,15-13+,19-17+,20-18+,26-24+/t34?,35-,38+,39?,40?,41-/m0/s1. The Balaban J connectivity index is 2.49. The van der Waals surface area contributed by atoms with Crippen LogP contribution in [0.5, 0.6) is 0 Å². The van der Waals surface area contributed by atoms with Gasteiger partial charge in [0.05, 0.1) is 13.2 Å². The number of rotatable bonds is 29. The largest absolute Gasteiger partial charge is 0.462 e. The maximum absolute atomic E-state index is 12.6. The molecule has 0 aromatic carbocycles. The molecule has 1 saturated heterocycles. The molecule has 0 aromatic heterocycles. The lowest BCUT2D eigenvalue weighted by atomic mass is 9.99. The highest BCUT2D eigenvalue weighted by molar-refractivity contribution is 5.70. The molecule has 0 amide bonds. The van der Waals surface area contributed by atoms with Crippen LogP contribution >= 0.6 is 0 Å². The van der Waals surface area contributed by atoms with E-state index in [1.54, 1.807) is 0 Å². The van der Waals surface area contributed by atoms with Gasteiger partial charge in [0.25, 0.3) is 0 Å². The van der Waals surface area contributed by atoms with Gasteiger partial charge in [0.15, 0.2) is 12.4 Å². The van der Waals surface area contributed by atoms with Gasteiger partial charge in [0.2, 0.25) is 0 Å². The first-order valence-electron chi connectivity index (χ1n) is 19.1. The van der Waals surface area contributed by atoms with Crippen molar-refractivity contribution in [2.45, 2.75) is 153 Å². The second-order valence-corrected chi connectivity index (χ2v) is 12.7. The molecule has 10 heteroatoms. The molecule has 51 heavy (non-hydrogen) atoms. The summed E-state index contributed by atoms with van der Waals surface area (Å²) in [5.74, 6) is -0.942. The number of carbonyl (C=O) groups is 2. The van der Waals surface area contributed by atoms with Crippen LogP contribution in [-0.2, 0) is 28.5 Å². The second-order valence-electron chi connectivity index (χ2n) is 12.7. The van der Waals surface area contributed by atoms with Crippen molar-refractivity contribution < 1.29 is 49.0 Å². The number of hydrogen-bond acceptors (Lipinski definition) is 10. The van der Waals surface area contributed by atoms with E-state index >= 15 is 0 Å². The fourth-order valence-corrected chi connectivity index (χ4v) is 5.13. The lowest BCUT2D eigenvalue weighted by molar-refractivity contribution is -0.305. The van der Waals surface area contributed by atoms with Crippen LogP contribution in [0, 0.1) is 0 Å². The van der Waals surface area contributed by atoms with Gasteiger partial charge in [-0.3, -0.25) is 9.59 Å². The Morgan fingerprint density at radius 3 is 1.98 bits per heavy atom. The van der Waals surface area contributed by atoms with Gasteiger partial charge < -0.3 is 39.4 Å². The molecule has 1 heterocycles. The first-order chi connectivity index (χ1) is 24.8. The van der Waals surface area contributed by atoms with E-state index in [1.165, 1.54) is 38.5 Å². The van der Waals surface area contributed by atoms with Gasteiger partial charge in [-0.25, -0.2) is 0 Å². The summed E-state index contributed by atoms with van der Waals surface area (Å²) in [7, 11) is 0. The summed E-state index contributed by atoms with van der Waals surface area (Å²) >= 11 is 0. The Labute approximate surface area is 306 Å². The predicted molar refractivity (Wildman–Crippen MR) is 201 cm³/mol. The first-order valence-corrected chi connectivity index (χ1v) is 19.1. The van der Waals surface area contributed by atoms with Crippen molar-refractivity contribution in [2.24, 2.45) is 0 Å². The third-order valence-corrected chi connectivity index (χ3v) is 8.18. The number of aliphatic hydroxyl groups excluding tert-OH is 4. The van der Waals surface area contributed by atoms with Crippen LogP contribution in [0.2, 0.25) is 0 Å². The minimum absolute atomic E-state index is 0.111. The van der Waals surface area contributed by atoms with E-state index in [0.717, 1.165) is 38.5 Å². The number of esters is 2. The molecule has 0 saturated carbocycles. The van der Waals surface area contributed by atoms with Gasteiger partial charge in [-0.05, 0) is 51.4 Å². The monoisotopic (exact) mass is 718 g/mol. The van der Waals surface area contributed by atoms with Crippen molar-refractivity contribution in [1.29, 1.82) is 0 Å². The number of carbonyl (C=O) groups excluding carboxylic acids is 2. The fourth-order valence-electron chi connectivity index (χ4n) is 5.13. The average molecular weight is 719 g/mol. The molecule has 1 aliphatic rings. The van der Waals surface area contributed by atoms with Gasteiger partial charge in [-0.2, -0.15) is 0 Å². The molecule has 6 atom stereocenters. The quantitative estimate of drug-likeness (QED) is 0.0279. The summed E-state index contributed by atoms with van der Waals surface area (Å²) in [6, 6.07) is 0. The van der Waals surface area contributed by atoms with E-state index in [-0.39, 0.29) is 26.1 Å². The molecule has 290 valence electrons. The molecular weight excluding hydrogens is 652 g/mol. The van der Waals surface area contributed by atoms with Crippen LogP contribution in [0.1, 0.15) is 117 Å². The SMILES string of the molecule is CC/C=C/C=C/C=C/C=C/CCCCCC(=O)OCC(CO[C@H]1O[C@@H](CO)[C@@H](O)C(O)C1O)OC(=O)CC/C=C/C/C=C/CCCCCCCC. The van der Waals surface area contributed by atoms with Crippen LogP contribution in [0.3, 0.4) is 0 Å². The van der Waals surface area contributed by atoms with Crippen molar-refractivity contribution in [3.8, 4) is 0 Å². The maximum Gasteiger partial charge on any atom is 0.306 e. The maximum atomic E-state index is 12.6. The van der Waals surface area contributed by atoms with Gasteiger partial charge in [0, 0.05) is 12.8 Å². The Hall–Kier alpha value is -2.86. The van der Waals surface area contributed by atoms with E-state index in [4.69, 9.17) is 18.9 Å². The highest BCUT2D eigenvalue weighted by atomic mass is 16.7. The van der Waals surface area contributed by atoms with Gasteiger partial charge in [-0.15, -0.1) is 0 Å². The fraction of sp³-hybridized carbons (Fsp3) is 0.659. The number of allylic oxidation sites excluding steroid dienone is 12. The minimum atomic E-state index is -1.61. The minimum Gasteiger partial charge on any atom is -0.462 e. The normalized spacial score (nSPS) is 22.0.